The predicted molar refractivity (Wildman–Crippen MR) is 56.6 cm³/mol. The number of benzene rings is 1. The monoisotopic (exact) mass is 258 g/mol. The molecule has 0 fully saturated rings. The van der Waals surface area contributed by atoms with E-state index in [1.807, 2.05) is 24.3 Å². The summed E-state index contributed by atoms with van der Waals surface area (Å²) in [6.45, 7) is 0. The van der Waals surface area contributed by atoms with Crippen LogP contribution in [0.2, 0.25) is 0 Å². The van der Waals surface area contributed by atoms with Crippen LogP contribution in [0, 0.1) is 0 Å². The highest BCUT2D eigenvalue weighted by atomic mass is 79.9. The minimum Gasteiger partial charge on any atom is -0.482 e. The van der Waals surface area contributed by atoms with E-state index in [0.29, 0.717) is 11.9 Å². The van der Waals surface area contributed by atoms with Crippen LogP contribution in [0.15, 0.2) is 24.3 Å². The number of hydrogen-bond donors (Lipinski definition) is 0. The molecule has 0 amide bonds. The van der Waals surface area contributed by atoms with E-state index >= 15 is 0 Å². The van der Waals surface area contributed by atoms with E-state index in [0.717, 1.165) is 11.3 Å². The Balaban J connectivity index is 2.59. The first-order chi connectivity index (χ1) is 6.76. The second-order valence-electron chi connectivity index (χ2n) is 2.65. The lowest BCUT2D eigenvalue weighted by Crippen LogP contribution is -2.04. The second-order valence-corrected chi connectivity index (χ2v) is 3.11. The molecule has 0 aliphatic rings. The Hall–Kier alpha value is -1.03. The Morgan fingerprint density at radius 3 is 2.50 bits per heavy atom. The highest BCUT2D eigenvalue weighted by molar-refractivity contribution is 9.09. The number of hydrogen-bond acceptors (Lipinski definition) is 3. The predicted octanol–water partition coefficient (Wildman–Crippen LogP) is 2.13. The third-order valence-corrected chi connectivity index (χ3v) is 1.95. The zero-order valence-electron chi connectivity index (χ0n) is 7.83. The van der Waals surface area contributed by atoms with Crippen LogP contribution in [0.5, 0.6) is 5.75 Å². The quantitative estimate of drug-likeness (QED) is 0.613. The van der Waals surface area contributed by atoms with Crippen molar-refractivity contribution in [3.05, 3.63) is 29.8 Å². The molecule has 1 rings (SSSR count). The first-order valence-electron chi connectivity index (χ1n) is 4.11. The average Bonchev–Trinajstić information content (AvgIpc) is 2.21. The van der Waals surface area contributed by atoms with Gasteiger partial charge in [0.1, 0.15) is 11.3 Å². The summed E-state index contributed by atoms with van der Waals surface area (Å²) in [6, 6.07) is 7.32. The van der Waals surface area contributed by atoms with Gasteiger partial charge in [-0.05, 0) is 33.6 Å². The summed E-state index contributed by atoms with van der Waals surface area (Å²) in [6.07, 6.45) is 0.297. The standard InChI is InChI=1S/C10H11BrO3/c1-13-10(12)6-8-2-4-9(5-3-8)14-7-11/h2-5H,6-7H2,1H3. The number of carbonyl (C=O) groups excluding carboxylic acids is 1. The Morgan fingerprint density at radius 2 is 2.00 bits per heavy atom. The highest BCUT2D eigenvalue weighted by Gasteiger charge is 2.02. The van der Waals surface area contributed by atoms with E-state index in [1.54, 1.807) is 0 Å². The van der Waals surface area contributed by atoms with Crippen molar-refractivity contribution in [3.63, 3.8) is 0 Å². The van der Waals surface area contributed by atoms with Crippen molar-refractivity contribution in [3.8, 4) is 5.75 Å². The third kappa shape index (κ3) is 3.38. The zero-order chi connectivity index (χ0) is 10.4. The fraction of sp³-hybridized carbons (Fsp3) is 0.300. The van der Waals surface area contributed by atoms with Gasteiger partial charge in [0.2, 0.25) is 0 Å². The molecule has 76 valence electrons. The molecule has 0 unspecified atom stereocenters. The van der Waals surface area contributed by atoms with Gasteiger partial charge < -0.3 is 9.47 Å². The largest absolute Gasteiger partial charge is 0.482 e. The molecule has 0 saturated heterocycles. The number of rotatable bonds is 4. The molecule has 0 aliphatic heterocycles. The van der Waals surface area contributed by atoms with Gasteiger partial charge in [0, 0.05) is 0 Å². The van der Waals surface area contributed by atoms with E-state index < -0.39 is 0 Å². The van der Waals surface area contributed by atoms with Crippen molar-refractivity contribution >= 4 is 21.9 Å². The first kappa shape index (κ1) is 11.0. The van der Waals surface area contributed by atoms with Gasteiger partial charge in [-0.15, -0.1) is 0 Å². The van der Waals surface area contributed by atoms with Crippen molar-refractivity contribution in [2.45, 2.75) is 6.42 Å². The van der Waals surface area contributed by atoms with E-state index in [1.165, 1.54) is 7.11 Å². The van der Waals surface area contributed by atoms with Crippen LogP contribution in [-0.2, 0) is 16.0 Å². The highest BCUT2D eigenvalue weighted by Crippen LogP contribution is 2.13. The lowest BCUT2D eigenvalue weighted by Gasteiger charge is -2.03. The van der Waals surface area contributed by atoms with Gasteiger partial charge in [0.15, 0.2) is 0 Å². The van der Waals surface area contributed by atoms with Gasteiger partial charge in [0.05, 0.1) is 13.5 Å². The fourth-order valence-corrected chi connectivity index (χ4v) is 1.27. The number of methoxy groups -OCH3 is 1. The third-order valence-electron chi connectivity index (χ3n) is 1.72. The van der Waals surface area contributed by atoms with Crippen LogP contribution in [0.3, 0.4) is 0 Å². The molecule has 0 heterocycles. The van der Waals surface area contributed by atoms with Gasteiger partial charge in [-0.1, -0.05) is 12.1 Å². The number of alkyl halides is 1. The minimum absolute atomic E-state index is 0.237. The Labute approximate surface area is 91.1 Å². The van der Waals surface area contributed by atoms with Crippen LogP contribution in [0.25, 0.3) is 0 Å². The van der Waals surface area contributed by atoms with Crippen LogP contribution in [0.1, 0.15) is 5.56 Å². The molecule has 0 atom stereocenters. The number of esters is 1. The lowest BCUT2D eigenvalue weighted by atomic mass is 10.1. The molecule has 0 spiro atoms. The molecule has 0 saturated carbocycles. The number of halogens is 1. The van der Waals surface area contributed by atoms with Crippen molar-refractivity contribution in [2.24, 2.45) is 0 Å². The van der Waals surface area contributed by atoms with Crippen molar-refractivity contribution in [1.82, 2.24) is 0 Å². The average molecular weight is 259 g/mol. The molecular weight excluding hydrogens is 248 g/mol. The van der Waals surface area contributed by atoms with Crippen LogP contribution < -0.4 is 4.74 Å². The van der Waals surface area contributed by atoms with Gasteiger partial charge in [-0.3, -0.25) is 4.79 Å². The minimum atomic E-state index is -0.237. The molecule has 0 aromatic heterocycles. The van der Waals surface area contributed by atoms with Crippen LogP contribution in [-0.4, -0.2) is 18.6 Å². The first-order valence-corrected chi connectivity index (χ1v) is 5.23. The van der Waals surface area contributed by atoms with Gasteiger partial charge in [-0.25, -0.2) is 0 Å². The summed E-state index contributed by atoms with van der Waals surface area (Å²) in [5.74, 6) is 0.537. The molecule has 1 aromatic carbocycles. The second kappa shape index (κ2) is 5.65. The Bertz CT molecular complexity index is 295. The van der Waals surface area contributed by atoms with Gasteiger partial charge >= 0.3 is 5.97 Å². The van der Waals surface area contributed by atoms with Crippen molar-refractivity contribution in [2.75, 3.05) is 12.6 Å². The maximum Gasteiger partial charge on any atom is 0.309 e. The Morgan fingerprint density at radius 1 is 1.36 bits per heavy atom. The normalized spacial score (nSPS) is 9.57. The number of carbonyl (C=O) groups is 1. The van der Waals surface area contributed by atoms with Crippen molar-refractivity contribution in [1.29, 1.82) is 0 Å². The maximum atomic E-state index is 10.9. The lowest BCUT2D eigenvalue weighted by molar-refractivity contribution is -0.139. The topological polar surface area (TPSA) is 35.5 Å². The van der Waals surface area contributed by atoms with Crippen LogP contribution >= 0.6 is 15.9 Å². The molecular formula is C10H11BrO3. The molecule has 0 aliphatic carbocycles. The summed E-state index contributed by atoms with van der Waals surface area (Å²) < 4.78 is 9.75. The molecule has 0 radical (unpaired) electrons. The van der Waals surface area contributed by atoms with E-state index in [-0.39, 0.29) is 5.97 Å². The molecule has 4 heteroatoms. The van der Waals surface area contributed by atoms with E-state index in [9.17, 15) is 4.79 Å². The molecule has 0 bridgehead atoms. The van der Waals surface area contributed by atoms with E-state index in [2.05, 4.69) is 20.7 Å². The maximum absolute atomic E-state index is 10.9. The summed E-state index contributed by atoms with van der Waals surface area (Å²) in [7, 11) is 1.38. The molecule has 1 aromatic rings. The van der Waals surface area contributed by atoms with Crippen LogP contribution in [0.4, 0.5) is 0 Å². The summed E-state index contributed by atoms with van der Waals surface area (Å²) in [5.41, 5.74) is 1.38. The summed E-state index contributed by atoms with van der Waals surface area (Å²) >= 11 is 3.16. The van der Waals surface area contributed by atoms with Gasteiger partial charge in [0.25, 0.3) is 0 Å². The smallest absolute Gasteiger partial charge is 0.309 e. The van der Waals surface area contributed by atoms with E-state index in [4.69, 9.17) is 4.74 Å². The molecule has 14 heavy (non-hydrogen) atoms. The Kier molecular flexibility index (Phi) is 4.46. The number of ether oxygens (including phenoxy) is 2. The summed E-state index contributed by atoms with van der Waals surface area (Å²) in [4.78, 5) is 10.9. The molecule has 3 nitrogen and oxygen atoms in total. The summed E-state index contributed by atoms with van der Waals surface area (Å²) in [5, 5.41) is 0. The molecule has 0 N–H and O–H groups in total. The SMILES string of the molecule is COC(=O)Cc1ccc(OCBr)cc1. The zero-order valence-corrected chi connectivity index (χ0v) is 9.41. The fourth-order valence-electron chi connectivity index (χ4n) is 1.01. The van der Waals surface area contributed by atoms with Crippen molar-refractivity contribution < 1.29 is 14.3 Å². The van der Waals surface area contributed by atoms with Gasteiger partial charge in [-0.2, -0.15) is 0 Å².